The van der Waals surface area contributed by atoms with E-state index >= 15 is 0 Å². The third-order valence-corrected chi connectivity index (χ3v) is 3.33. The van der Waals surface area contributed by atoms with Gasteiger partial charge in [0.25, 0.3) is 0 Å². The summed E-state index contributed by atoms with van der Waals surface area (Å²) in [5.41, 5.74) is 1.13. The number of rotatable bonds is 4. The minimum atomic E-state index is -0.813. The Hall–Kier alpha value is -2.68. The number of nitrogens with one attached hydrogen (secondary N) is 1. The molecule has 2 rings (SSSR count). The molecule has 1 aromatic carbocycles. The first-order valence-electron chi connectivity index (χ1n) is 6.72. The van der Waals surface area contributed by atoms with Crippen LogP contribution in [0.25, 0.3) is 0 Å². The molecule has 1 aromatic rings. The van der Waals surface area contributed by atoms with E-state index in [9.17, 15) is 14.4 Å². The second-order valence-electron chi connectivity index (χ2n) is 4.87. The lowest BCUT2D eigenvalue weighted by Crippen LogP contribution is -2.57. The maximum absolute atomic E-state index is 12.3. The maximum Gasteiger partial charge on any atom is 0.331 e. The van der Waals surface area contributed by atoms with Crippen LogP contribution in [0.2, 0.25) is 0 Å². The molecular weight excluding hydrogens is 270 g/mol. The molecule has 0 radical (unpaired) electrons. The number of urea groups is 1. The number of hydrogen-bond acceptors (Lipinski definition) is 4. The van der Waals surface area contributed by atoms with E-state index in [2.05, 4.69) is 5.32 Å². The van der Waals surface area contributed by atoms with Crippen LogP contribution in [-0.2, 0) is 16.1 Å². The fraction of sp³-hybridized carbons (Fsp3) is 0.333. The summed E-state index contributed by atoms with van der Waals surface area (Å²) in [6.45, 7) is 1.92. The van der Waals surface area contributed by atoms with Gasteiger partial charge in [0, 0.05) is 0 Å². The Bertz CT molecular complexity index is 633. The highest BCUT2D eigenvalue weighted by Gasteiger charge is 2.39. The Morgan fingerprint density at radius 3 is 2.76 bits per heavy atom. The van der Waals surface area contributed by atoms with Gasteiger partial charge in [-0.1, -0.05) is 25.5 Å². The zero-order valence-corrected chi connectivity index (χ0v) is 11.6. The lowest BCUT2D eigenvalue weighted by atomic mass is 9.99. The van der Waals surface area contributed by atoms with Gasteiger partial charge in [0.2, 0.25) is 11.8 Å². The predicted molar refractivity (Wildman–Crippen MR) is 73.6 cm³/mol. The first-order valence-corrected chi connectivity index (χ1v) is 6.72. The maximum atomic E-state index is 12.3. The summed E-state index contributed by atoms with van der Waals surface area (Å²) in [7, 11) is 0. The van der Waals surface area contributed by atoms with Gasteiger partial charge >= 0.3 is 6.03 Å². The van der Waals surface area contributed by atoms with Crippen LogP contribution in [-0.4, -0.2) is 22.7 Å². The van der Waals surface area contributed by atoms with Gasteiger partial charge < -0.3 is 0 Å². The Kier molecular flexibility index (Phi) is 4.33. The van der Waals surface area contributed by atoms with Crippen LogP contribution in [0, 0.1) is 17.2 Å². The highest BCUT2D eigenvalue weighted by Crippen LogP contribution is 2.18. The third kappa shape index (κ3) is 3.08. The third-order valence-electron chi connectivity index (χ3n) is 3.33. The van der Waals surface area contributed by atoms with Crippen molar-refractivity contribution >= 4 is 17.8 Å². The summed E-state index contributed by atoms with van der Waals surface area (Å²) in [5.74, 6) is -1.83. The summed E-state index contributed by atoms with van der Waals surface area (Å²) in [5, 5.41) is 11.1. The summed E-state index contributed by atoms with van der Waals surface area (Å²) in [6, 6.07) is 7.98. The Morgan fingerprint density at radius 2 is 2.10 bits per heavy atom. The van der Waals surface area contributed by atoms with Gasteiger partial charge in [0.15, 0.2) is 0 Å². The Morgan fingerprint density at radius 1 is 1.33 bits per heavy atom. The zero-order chi connectivity index (χ0) is 15.4. The average molecular weight is 285 g/mol. The van der Waals surface area contributed by atoms with E-state index in [4.69, 9.17) is 5.26 Å². The Labute approximate surface area is 122 Å². The van der Waals surface area contributed by atoms with Crippen molar-refractivity contribution in [2.24, 2.45) is 5.92 Å². The number of barbiturate groups is 1. The molecule has 1 N–H and O–H groups in total. The normalized spacial score (nSPS) is 18.4. The molecule has 4 amide bonds. The van der Waals surface area contributed by atoms with Crippen molar-refractivity contribution in [3.8, 4) is 6.07 Å². The van der Waals surface area contributed by atoms with Crippen molar-refractivity contribution in [1.82, 2.24) is 10.2 Å². The number of carbonyl (C=O) groups excluding carboxylic acids is 3. The van der Waals surface area contributed by atoms with Gasteiger partial charge in [-0.25, -0.2) is 4.79 Å². The van der Waals surface area contributed by atoms with E-state index in [1.807, 2.05) is 13.0 Å². The quantitative estimate of drug-likeness (QED) is 0.850. The molecule has 108 valence electrons. The molecule has 0 bridgehead atoms. The summed E-state index contributed by atoms with van der Waals surface area (Å²) in [4.78, 5) is 36.8. The smallest absolute Gasteiger partial charge is 0.277 e. The van der Waals surface area contributed by atoms with Gasteiger partial charge in [-0.15, -0.1) is 0 Å². The lowest BCUT2D eigenvalue weighted by molar-refractivity contribution is -0.143. The zero-order valence-electron chi connectivity index (χ0n) is 11.6. The molecule has 0 saturated carbocycles. The molecule has 21 heavy (non-hydrogen) atoms. The molecule has 1 saturated heterocycles. The van der Waals surface area contributed by atoms with E-state index in [1.165, 1.54) is 0 Å². The van der Waals surface area contributed by atoms with Crippen molar-refractivity contribution < 1.29 is 14.4 Å². The van der Waals surface area contributed by atoms with E-state index in [0.717, 1.165) is 4.90 Å². The van der Waals surface area contributed by atoms with Crippen LogP contribution in [0.1, 0.15) is 30.9 Å². The largest absolute Gasteiger partial charge is 0.331 e. The molecule has 0 aromatic heterocycles. The minimum absolute atomic E-state index is 0.0493. The van der Waals surface area contributed by atoms with Crippen LogP contribution < -0.4 is 5.32 Å². The van der Waals surface area contributed by atoms with Gasteiger partial charge in [0.1, 0.15) is 5.92 Å². The number of nitriles is 1. The van der Waals surface area contributed by atoms with E-state index in [1.54, 1.807) is 24.3 Å². The van der Waals surface area contributed by atoms with E-state index in [0.29, 0.717) is 24.0 Å². The molecule has 6 nitrogen and oxygen atoms in total. The van der Waals surface area contributed by atoms with Crippen LogP contribution in [0.4, 0.5) is 4.79 Å². The molecule has 1 atom stereocenters. The summed E-state index contributed by atoms with van der Waals surface area (Å²) < 4.78 is 0. The lowest BCUT2D eigenvalue weighted by Gasteiger charge is -2.30. The van der Waals surface area contributed by atoms with Gasteiger partial charge in [-0.2, -0.15) is 5.26 Å². The number of amides is 4. The minimum Gasteiger partial charge on any atom is -0.277 e. The van der Waals surface area contributed by atoms with Crippen molar-refractivity contribution in [3.63, 3.8) is 0 Å². The molecule has 1 aliphatic heterocycles. The average Bonchev–Trinajstić information content (AvgIpc) is 2.48. The van der Waals surface area contributed by atoms with E-state index < -0.39 is 23.8 Å². The molecule has 1 heterocycles. The second-order valence-corrected chi connectivity index (χ2v) is 4.87. The number of benzene rings is 1. The van der Waals surface area contributed by atoms with Crippen LogP contribution in [0.15, 0.2) is 24.3 Å². The highest BCUT2D eigenvalue weighted by atomic mass is 16.2. The number of nitrogens with zero attached hydrogens (tertiary/aromatic N) is 2. The van der Waals surface area contributed by atoms with Crippen LogP contribution in [0.3, 0.4) is 0 Å². The van der Waals surface area contributed by atoms with Crippen molar-refractivity contribution in [1.29, 1.82) is 5.26 Å². The van der Waals surface area contributed by atoms with Gasteiger partial charge in [0.05, 0.1) is 18.2 Å². The predicted octanol–water partition coefficient (Wildman–Crippen LogP) is 1.55. The molecular formula is C15H15N3O3. The Balaban J connectivity index is 2.21. The van der Waals surface area contributed by atoms with E-state index in [-0.39, 0.29) is 6.54 Å². The molecule has 1 unspecified atom stereocenters. The monoisotopic (exact) mass is 285 g/mol. The highest BCUT2D eigenvalue weighted by molar-refractivity contribution is 6.16. The van der Waals surface area contributed by atoms with Crippen molar-refractivity contribution in [2.45, 2.75) is 26.3 Å². The second kappa shape index (κ2) is 6.18. The standard InChI is InChI=1S/C15H15N3O3/c1-2-4-12-13(19)17-15(21)18(14(12)20)9-11-6-3-5-10(7-11)8-16/h3,5-7,12H,2,4,9H2,1H3,(H,17,19,21). The first-order chi connectivity index (χ1) is 10.1. The molecule has 0 aliphatic carbocycles. The molecule has 1 aliphatic rings. The molecule has 1 fully saturated rings. The summed E-state index contributed by atoms with van der Waals surface area (Å²) >= 11 is 0. The fourth-order valence-corrected chi connectivity index (χ4v) is 2.28. The number of imide groups is 2. The topological polar surface area (TPSA) is 90.3 Å². The van der Waals surface area contributed by atoms with Crippen LogP contribution in [0.5, 0.6) is 0 Å². The van der Waals surface area contributed by atoms with Crippen molar-refractivity contribution in [2.75, 3.05) is 0 Å². The number of hydrogen-bond donors (Lipinski definition) is 1. The SMILES string of the molecule is CCCC1C(=O)NC(=O)N(Cc2cccc(C#N)c2)C1=O. The van der Waals surface area contributed by atoms with Crippen LogP contribution >= 0.6 is 0 Å². The molecule has 0 spiro atoms. The fourth-order valence-electron chi connectivity index (χ4n) is 2.28. The summed E-state index contributed by atoms with van der Waals surface area (Å²) in [6.07, 6.45) is 1.09. The van der Waals surface area contributed by atoms with Crippen molar-refractivity contribution in [3.05, 3.63) is 35.4 Å². The molecule has 6 heteroatoms. The van der Waals surface area contributed by atoms with Gasteiger partial charge in [-0.3, -0.25) is 19.8 Å². The first kappa shape index (κ1) is 14.7. The number of carbonyl (C=O) groups is 3. The van der Waals surface area contributed by atoms with Gasteiger partial charge in [-0.05, 0) is 24.1 Å².